The van der Waals surface area contributed by atoms with E-state index in [1.165, 1.54) is 19.2 Å². The molecule has 2 aromatic carbocycles. The zero-order valence-electron chi connectivity index (χ0n) is 13.4. The zero-order chi connectivity index (χ0) is 17.3. The molecule has 1 aliphatic rings. The van der Waals surface area contributed by atoms with Crippen molar-refractivity contribution in [2.75, 3.05) is 14.2 Å². The average Bonchev–Trinajstić information content (AvgIpc) is 2.61. The lowest BCUT2D eigenvalue weighted by Crippen LogP contribution is -2.21. The highest BCUT2D eigenvalue weighted by Crippen LogP contribution is 2.38. The van der Waals surface area contributed by atoms with Crippen LogP contribution in [0.25, 0.3) is 0 Å². The van der Waals surface area contributed by atoms with E-state index in [0.717, 1.165) is 17.5 Å². The standard InChI is InChI=1S/C18H17NO5/c1-23-16-9-12-5-8-14(18(20)15(12)10-17(16)24-2)11-3-6-13(7-4-11)19(21)22/h3-4,6-7,9-10,14H,5,8H2,1-2H3/t14-/m1/s1. The van der Waals surface area contributed by atoms with Gasteiger partial charge in [0.05, 0.1) is 19.1 Å². The summed E-state index contributed by atoms with van der Waals surface area (Å²) in [4.78, 5) is 23.2. The molecule has 2 aromatic rings. The first-order chi connectivity index (χ1) is 11.5. The topological polar surface area (TPSA) is 78.7 Å². The molecule has 0 aromatic heterocycles. The fourth-order valence-corrected chi connectivity index (χ4v) is 3.12. The van der Waals surface area contributed by atoms with Crippen LogP contribution in [-0.4, -0.2) is 24.9 Å². The lowest BCUT2D eigenvalue weighted by molar-refractivity contribution is -0.384. The summed E-state index contributed by atoms with van der Waals surface area (Å²) < 4.78 is 10.6. The molecule has 3 rings (SSSR count). The Bertz CT molecular complexity index is 798. The van der Waals surface area contributed by atoms with Crippen molar-refractivity contribution in [2.45, 2.75) is 18.8 Å². The molecule has 6 heteroatoms. The third-order valence-electron chi connectivity index (χ3n) is 4.40. The number of Topliss-reactive ketones (excluding diaryl/α,β-unsaturated/α-hetero) is 1. The van der Waals surface area contributed by atoms with E-state index < -0.39 is 4.92 Å². The predicted molar refractivity (Wildman–Crippen MR) is 88.0 cm³/mol. The van der Waals surface area contributed by atoms with Crippen molar-refractivity contribution in [2.24, 2.45) is 0 Å². The number of hydrogen-bond donors (Lipinski definition) is 0. The summed E-state index contributed by atoms with van der Waals surface area (Å²) in [6.07, 6.45) is 1.40. The minimum absolute atomic E-state index is 0.00561. The number of nitro benzene ring substituents is 1. The van der Waals surface area contributed by atoms with Crippen molar-refractivity contribution in [1.29, 1.82) is 0 Å². The second-order valence-electron chi connectivity index (χ2n) is 5.67. The van der Waals surface area contributed by atoms with E-state index in [-0.39, 0.29) is 17.4 Å². The van der Waals surface area contributed by atoms with Gasteiger partial charge in [-0.1, -0.05) is 12.1 Å². The molecule has 0 bridgehead atoms. The van der Waals surface area contributed by atoms with Gasteiger partial charge < -0.3 is 9.47 Å². The van der Waals surface area contributed by atoms with E-state index in [1.54, 1.807) is 25.3 Å². The van der Waals surface area contributed by atoms with Crippen molar-refractivity contribution in [1.82, 2.24) is 0 Å². The molecule has 1 aliphatic carbocycles. The Kier molecular flexibility index (Phi) is 4.20. The number of benzene rings is 2. The lowest BCUT2D eigenvalue weighted by Gasteiger charge is -2.25. The molecule has 24 heavy (non-hydrogen) atoms. The fraction of sp³-hybridized carbons (Fsp3) is 0.278. The number of fused-ring (bicyclic) bond motifs is 1. The quantitative estimate of drug-likeness (QED) is 0.634. The van der Waals surface area contributed by atoms with Gasteiger partial charge >= 0.3 is 0 Å². The molecule has 0 fully saturated rings. The van der Waals surface area contributed by atoms with Crippen LogP contribution in [0, 0.1) is 10.1 Å². The molecular formula is C18H17NO5. The lowest BCUT2D eigenvalue weighted by atomic mass is 9.79. The Morgan fingerprint density at radius 2 is 1.71 bits per heavy atom. The number of ketones is 1. The average molecular weight is 327 g/mol. The van der Waals surface area contributed by atoms with Crippen LogP contribution in [0.5, 0.6) is 11.5 Å². The molecule has 0 N–H and O–H groups in total. The molecule has 0 unspecified atom stereocenters. The number of hydrogen-bond acceptors (Lipinski definition) is 5. The van der Waals surface area contributed by atoms with Crippen molar-refractivity contribution < 1.29 is 19.2 Å². The molecule has 0 heterocycles. The summed E-state index contributed by atoms with van der Waals surface area (Å²) in [7, 11) is 3.10. The summed E-state index contributed by atoms with van der Waals surface area (Å²) in [6, 6.07) is 9.75. The van der Waals surface area contributed by atoms with Crippen LogP contribution >= 0.6 is 0 Å². The predicted octanol–water partition coefficient (Wildman–Crippen LogP) is 3.52. The molecule has 0 aliphatic heterocycles. The summed E-state index contributed by atoms with van der Waals surface area (Å²) >= 11 is 0. The van der Waals surface area contributed by atoms with E-state index in [2.05, 4.69) is 0 Å². The summed E-state index contributed by atoms with van der Waals surface area (Å²) in [5, 5.41) is 10.8. The minimum Gasteiger partial charge on any atom is -0.493 e. The third kappa shape index (κ3) is 2.71. The Hall–Kier alpha value is -2.89. The number of carbonyl (C=O) groups is 1. The maximum atomic E-state index is 12.9. The van der Waals surface area contributed by atoms with Crippen molar-refractivity contribution in [3.63, 3.8) is 0 Å². The van der Waals surface area contributed by atoms with Crippen molar-refractivity contribution in [3.8, 4) is 11.5 Å². The van der Waals surface area contributed by atoms with E-state index in [1.807, 2.05) is 6.07 Å². The minimum atomic E-state index is -0.446. The first kappa shape index (κ1) is 16.0. The highest BCUT2D eigenvalue weighted by Gasteiger charge is 2.30. The number of rotatable bonds is 4. The van der Waals surface area contributed by atoms with Gasteiger partial charge in [-0.2, -0.15) is 0 Å². The fourth-order valence-electron chi connectivity index (χ4n) is 3.12. The van der Waals surface area contributed by atoms with Gasteiger partial charge in [-0.3, -0.25) is 14.9 Å². The van der Waals surface area contributed by atoms with Gasteiger partial charge in [0.15, 0.2) is 17.3 Å². The van der Waals surface area contributed by atoms with E-state index >= 15 is 0 Å². The molecule has 6 nitrogen and oxygen atoms in total. The normalized spacial score (nSPS) is 16.4. The first-order valence-corrected chi connectivity index (χ1v) is 7.58. The van der Waals surface area contributed by atoms with Gasteiger partial charge in [0.1, 0.15) is 0 Å². The summed E-state index contributed by atoms with van der Waals surface area (Å²) in [5.74, 6) is 0.842. The van der Waals surface area contributed by atoms with Crippen LogP contribution in [0.4, 0.5) is 5.69 Å². The maximum absolute atomic E-state index is 12.9. The molecule has 124 valence electrons. The van der Waals surface area contributed by atoms with E-state index in [0.29, 0.717) is 23.5 Å². The third-order valence-corrected chi connectivity index (χ3v) is 4.40. The Balaban J connectivity index is 1.95. The maximum Gasteiger partial charge on any atom is 0.269 e. The largest absolute Gasteiger partial charge is 0.493 e. The smallest absolute Gasteiger partial charge is 0.269 e. The zero-order valence-corrected chi connectivity index (χ0v) is 13.4. The van der Waals surface area contributed by atoms with Gasteiger partial charge in [-0.25, -0.2) is 0 Å². The highest BCUT2D eigenvalue weighted by molar-refractivity contribution is 6.03. The number of aryl methyl sites for hydroxylation is 1. The Morgan fingerprint density at radius 3 is 2.29 bits per heavy atom. The molecule has 1 atom stereocenters. The Morgan fingerprint density at radius 1 is 1.08 bits per heavy atom. The molecule has 0 spiro atoms. The summed E-state index contributed by atoms with van der Waals surface area (Å²) in [6.45, 7) is 0. The second-order valence-corrected chi connectivity index (χ2v) is 5.67. The SMILES string of the molecule is COc1cc2c(cc1OC)C(=O)[C@@H](c1ccc([N+](=O)[O-])cc1)CC2. The van der Waals surface area contributed by atoms with Crippen LogP contribution in [0.1, 0.15) is 33.8 Å². The second kappa shape index (κ2) is 6.31. The van der Waals surface area contributed by atoms with Crippen LogP contribution in [-0.2, 0) is 6.42 Å². The van der Waals surface area contributed by atoms with Crippen LogP contribution in [0.3, 0.4) is 0 Å². The number of non-ortho nitro benzene ring substituents is 1. The van der Waals surface area contributed by atoms with Crippen molar-refractivity contribution >= 4 is 11.5 Å². The van der Waals surface area contributed by atoms with Gasteiger partial charge in [0.25, 0.3) is 5.69 Å². The van der Waals surface area contributed by atoms with Gasteiger partial charge in [-0.05, 0) is 36.1 Å². The van der Waals surface area contributed by atoms with Gasteiger partial charge in [0, 0.05) is 23.6 Å². The monoisotopic (exact) mass is 327 g/mol. The number of nitrogens with zero attached hydrogens (tertiary/aromatic N) is 1. The van der Waals surface area contributed by atoms with Gasteiger partial charge in [-0.15, -0.1) is 0 Å². The number of methoxy groups -OCH3 is 2. The van der Waals surface area contributed by atoms with E-state index in [4.69, 9.17) is 9.47 Å². The molecule has 0 saturated carbocycles. The van der Waals surface area contributed by atoms with Crippen LogP contribution in [0.15, 0.2) is 36.4 Å². The van der Waals surface area contributed by atoms with Crippen molar-refractivity contribution in [3.05, 3.63) is 63.2 Å². The highest BCUT2D eigenvalue weighted by atomic mass is 16.6. The van der Waals surface area contributed by atoms with Crippen LogP contribution in [0.2, 0.25) is 0 Å². The van der Waals surface area contributed by atoms with Crippen LogP contribution < -0.4 is 9.47 Å². The first-order valence-electron chi connectivity index (χ1n) is 7.58. The Labute approximate surface area is 139 Å². The molecule has 0 amide bonds. The molecule has 0 radical (unpaired) electrons. The number of ether oxygens (including phenoxy) is 2. The number of nitro groups is 1. The van der Waals surface area contributed by atoms with E-state index in [9.17, 15) is 14.9 Å². The summed E-state index contributed by atoms with van der Waals surface area (Å²) in [5.41, 5.74) is 2.39. The number of carbonyl (C=O) groups excluding carboxylic acids is 1. The van der Waals surface area contributed by atoms with Gasteiger partial charge in [0.2, 0.25) is 0 Å². The molecule has 0 saturated heterocycles. The molecular weight excluding hydrogens is 310 g/mol.